The third kappa shape index (κ3) is 17.6. The van der Waals surface area contributed by atoms with Crippen LogP contribution in [0.2, 0.25) is 0 Å². The maximum atomic E-state index is 10.00. The molecule has 0 aromatic rings. The van der Waals surface area contributed by atoms with E-state index < -0.39 is 24.0 Å². The zero-order chi connectivity index (χ0) is 14.9. The van der Waals surface area contributed by atoms with Crippen molar-refractivity contribution in [2.45, 2.75) is 52.6 Å². The molecule has 0 aliphatic heterocycles. The molecular weight excluding hydrogens is 260 g/mol. The summed E-state index contributed by atoms with van der Waals surface area (Å²) in [4.78, 5) is 20.0. The molecule has 19 heavy (non-hydrogen) atoms. The minimum absolute atomic E-state index is 0. The first kappa shape index (κ1) is 23.7. The monoisotopic (exact) mass is 284 g/mol. The van der Waals surface area contributed by atoms with Crippen molar-refractivity contribution in [1.29, 1.82) is 0 Å². The molecule has 0 spiro atoms. The largest absolute Gasteiger partial charge is 2.00 e. The zero-order valence-electron chi connectivity index (χ0n) is 12.2. The summed E-state index contributed by atoms with van der Waals surface area (Å²) in [6.45, 7) is 7.68. The number of carboxylic acid groups (broad SMARTS) is 2. The van der Waals surface area contributed by atoms with E-state index in [2.05, 4.69) is 0 Å². The molecule has 0 aromatic heterocycles. The average molecular weight is 285 g/mol. The van der Waals surface area contributed by atoms with Crippen LogP contribution in [0, 0.1) is 11.8 Å². The molecule has 0 aliphatic carbocycles. The fourth-order valence-corrected chi connectivity index (χ4v) is 1.21. The molecule has 0 unspecified atom stereocenters. The Morgan fingerprint density at radius 2 is 1.05 bits per heavy atom. The maximum absolute atomic E-state index is 10.00. The van der Waals surface area contributed by atoms with Gasteiger partial charge in [0.25, 0.3) is 0 Å². The molecule has 0 saturated heterocycles. The summed E-state index contributed by atoms with van der Waals surface area (Å²) in [5.74, 6) is -1.69. The van der Waals surface area contributed by atoms with E-state index in [9.17, 15) is 19.8 Å². The van der Waals surface area contributed by atoms with Crippen molar-refractivity contribution in [3.63, 3.8) is 0 Å². The van der Waals surface area contributed by atoms with E-state index in [1.807, 2.05) is 27.7 Å². The minimum atomic E-state index is -1.16. The molecule has 0 bridgehead atoms. The van der Waals surface area contributed by atoms with Crippen LogP contribution in [0.3, 0.4) is 0 Å². The SMILES string of the molecule is CC(C)C[C@H](N)C(=O)[O-].CC(C)C[C@H](N)C(=O)[O-].[Mg+2]. The molecule has 6 nitrogen and oxygen atoms in total. The molecule has 0 heterocycles. The molecule has 2 atom stereocenters. The Hall–Kier alpha value is -0.374. The number of hydrogen-bond donors (Lipinski definition) is 2. The molecule has 108 valence electrons. The van der Waals surface area contributed by atoms with E-state index in [1.54, 1.807) is 0 Å². The number of aliphatic carboxylic acids is 2. The average Bonchev–Trinajstić information content (AvgIpc) is 2.16. The molecule has 4 N–H and O–H groups in total. The van der Waals surface area contributed by atoms with Crippen molar-refractivity contribution in [3.8, 4) is 0 Å². The second-order valence-corrected chi connectivity index (χ2v) is 5.11. The summed E-state index contributed by atoms with van der Waals surface area (Å²) in [6, 6.07) is -1.60. The van der Waals surface area contributed by atoms with Gasteiger partial charge in [0.15, 0.2) is 0 Å². The van der Waals surface area contributed by atoms with Crippen LogP contribution in [-0.4, -0.2) is 47.1 Å². The zero-order valence-corrected chi connectivity index (χ0v) is 13.6. The van der Waals surface area contributed by atoms with Gasteiger partial charge in [-0.2, -0.15) is 0 Å². The van der Waals surface area contributed by atoms with Crippen LogP contribution in [-0.2, 0) is 9.59 Å². The Labute approximate surface area is 131 Å². The third-order valence-corrected chi connectivity index (χ3v) is 2.06. The summed E-state index contributed by atoms with van der Waals surface area (Å²) in [6.07, 6.45) is 0.977. The van der Waals surface area contributed by atoms with Crippen molar-refractivity contribution >= 4 is 35.0 Å². The molecule has 0 aromatic carbocycles. The van der Waals surface area contributed by atoms with Crippen LogP contribution in [0.15, 0.2) is 0 Å². The van der Waals surface area contributed by atoms with Crippen LogP contribution >= 0.6 is 0 Å². The summed E-state index contributed by atoms with van der Waals surface area (Å²) >= 11 is 0. The van der Waals surface area contributed by atoms with Gasteiger partial charge in [-0.25, -0.2) is 0 Å². The minimum Gasteiger partial charge on any atom is -0.548 e. The van der Waals surface area contributed by atoms with Crippen molar-refractivity contribution in [1.82, 2.24) is 0 Å². The summed E-state index contributed by atoms with van der Waals surface area (Å²) in [7, 11) is 0. The van der Waals surface area contributed by atoms with E-state index in [0.29, 0.717) is 24.7 Å². The fraction of sp³-hybridized carbons (Fsp3) is 0.833. The topological polar surface area (TPSA) is 132 Å². The predicted octanol–water partition coefficient (Wildman–Crippen LogP) is -2.16. The molecule has 0 amide bonds. The molecular formula is C12H24MgN2O4. The van der Waals surface area contributed by atoms with Crippen LogP contribution in [0.1, 0.15) is 40.5 Å². The van der Waals surface area contributed by atoms with Gasteiger partial charge in [0.1, 0.15) is 0 Å². The smallest absolute Gasteiger partial charge is 0.548 e. The van der Waals surface area contributed by atoms with E-state index in [0.717, 1.165) is 0 Å². The van der Waals surface area contributed by atoms with Gasteiger partial charge >= 0.3 is 23.1 Å². The number of carboxylic acids is 2. The van der Waals surface area contributed by atoms with Gasteiger partial charge < -0.3 is 31.3 Å². The van der Waals surface area contributed by atoms with Gasteiger partial charge in [-0.1, -0.05) is 27.7 Å². The Kier molecular flexibility index (Phi) is 15.8. The van der Waals surface area contributed by atoms with Crippen molar-refractivity contribution in [2.24, 2.45) is 23.3 Å². The van der Waals surface area contributed by atoms with Crippen LogP contribution < -0.4 is 21.7 Å². The van der Waals surface area contributed by atoms with E-state index in [4.69, 9.17) is 11.5 Å². The second-order valence-electron chi connectivity index (χ2n) is 5.11. The number of carbonyl (C=O) groups is 2. The number of hydrogen-bond acceptors (Lipinski definition) is 6. The molecule has 0 radical (unpaired) electrons. The maximum Gasteiger partial charge on any atom is 2.00 e. The standard InChI is InChI=1S/2C6H13NO2.Mg/c2*1-4(2)3-5(7)6(8)9;/h2*4-5H,3,7H2,1-2H3,(H,8,9);/q;;+2/p-2/t2*5-;/m00./s1. The van der Waals surface area contributed by atoms with Gasteiger partial charge in [0, 0.05) is 12.1 Å². The van der Waals surface area contributed by atoms with Crippen molar-refractivity contribution in [2.75, 3.05) is 0 Å². The number of rotatable bonds is 6. The van der Waals surface area contributed by atoms with Gasteiger partial charge in [-0.05, 0) is 24.7 Å². The van der Waals surface area contributed by atoms with Gasteiger partial charge in [0.05, 0.1) is 11.9 Å². The van der Waals surface area contributed by atoms with Gasteiger partial charge in [0.2, 0.25) is 0 Å². The molecule has 0 rings (SSSR count). The molecule has 7 heteroatoms. The van der Waals surface area contributed by atoms with Gasteiger partial charge in [-0.3, -0.25) is 0 Å². The van der Waals surface area contributed by atoms with Crippen molar-refractivity contribution < 1.29 is 19.8 Å². The Morgan fingerprint density at radius 3 is 1.11 bits per heavy atom. The van der Waals surface area contributed by atoms with Crippen molar-refractivity contribution in [3.05, 3.63) is 0 Å². The first-order valence-corrected chi connectivity index (χ1v) is 6.00. The first-order chi connectivity index (χ1) is 8.07. The first-order valence-electron chi connectivity index (χ1n) is 6.00. The van der Waals surface area contributed by atoms with Crippen LogP contribution in [0.4, 0.5) is 0 Å². The predicted molar refractivity (Wildman–Crippen MR) is 70.6 cm³/mol. The van der Waals surface area contributed by atoms with E-state index in [1.165, 1.54) is 0 Å². The Bertz CT molecular complexity index is 234. The Morgan fingerprint density at radius 1 is 0.842 bits per heavy atom. The normalized spacial score (nSPS) is 13.1. The van der Waals surface area contributed by atoms with Crippen LogP contribution in [0.25, 0.3) is 0 Å². The van der Waals surface area contributed by atoms with E-state index in [-0.39, 0.29) is 23.1 Å². The van der Waals surface area contributed by atoms with Gasteiger partial charge in [-0.15, -0.1) is 0 Å². The number of carbonyl (C=O) groups excluding carboxylic acids is 2. The summed E-state index contributed by atoms with van der Waals surface area (Å²) < 4.78 is 0. The molecule has 0 saturated carbocycles. The number of nitrogens with two attached hydrogens (primary N) is 2. The second kappa shape index (κ2) is 12.6. The van der Waals surface area contributed by atoms with Crippen LogP contribution in [0.5, 0.6) is 0 Å². The van der Waals surface area contributed by atoms with E-state index >= 15 is 0 Å². The summed E-state index contributed by atoms with van der Waals surface area (Å²) in [5, 5.41) is 20.0. The third-order valence-electron chi connectivity index (χ3n) is 2.06. The quantitative estimate of drug-likeness (QED) is 0.534. The molecule has 0 aliphatic rings. The molecule has 0 fully saturated rings. The summed E-state index contributed by atoms with van der Waals surface area (Å²) in [5.41, 5.74) is 10.3. The fourth-order valence-electron chi connectivity index (χ4n) is 1.21. The Balaban J connectivity index is -0.000000256.